The Balaban J connectivity index is 1.66. The molecule has 0 aliphatic heterocycles. The molecule has 4 nitrogen and oxygen atoms in total. The number of thiophene rings is 1. The first kappa shape index (κ1) is 16.5. The molecule has 0 radical (unpaired) electrons. The molecule has 0 spiro atoms. The molecule has 124 valence electrons. The highest BCUT2D eigenvalue weighted by Gasteiger charge is 2.24. The van der Waals surface area contributed by atoms with E-state index in [-0.39, 0.29) is 12.5 Å². The van der Waals surface area contributed by atoms with Crippen LogP contribution in [0, 0.1) is 24.2 Å². The van der Waals surface area contributed by atoms with Crippen molar-refractivity contribution in [1.82, 2.24) is 0 Å². The zero-order valence-electron chi connectivity index (χ0n) is 13.9. The Labute approximate surface area is 146 Å². The summed E-state index contributed by atoms with van der Waals surface area (Å²) in [5.74, 6) is 1.06. The molecule has 1 unspecified atom stereocenters. The van der Waals surface area contributed by atoms with Gasteiger partial charge in [0.2, 0.25) is 0 Å². The van der Waals surface area contributed by atoms with E-state index in [9.17, 15) is 10.1 Å². The summed E-state index contributed by atoms with van der Waals surface area (Å²) < 4.78 is 5.50. The summed E-state index contributed by atoms with van der Waals surface area (Å²) in [5, 5.41) is 13.0. The molecular formula is C19H20N2O2S. The van der Waals surface area contributed by atoms with Crippen molar-refractivity contribution in [3.63, 3.8) is 0 Å². The number of nitrogens with one attached hydrogen (secondary N) is 1. The summed E-state index contributed by atoms with van der Waals surface area (Å²) in [4.78, 5) is 13.4. The van der Waals surface area contributed by atoms with Crippen molar-refractivity contribution >= 4 is 22.2 Å². The maximum absolute atomic E-state index is 12.2. The van der Waals surface area contributed by atoms with Gasteiger partial charge in [-0.25, -0.2) is 0 Å². The summed E-state index contributed by atoms with van der Waals surface area (Å²) in [5.41, 5.74) is 2.89. The normalized spacial score (nSPS) is 16.1. The number of carbonyl (C=O) groups excluding carboxylic acids is 1. The molecule has 0 fully saturated rings. The van der Waals surface area contributed by atoms with E-state index in [1.807, 2.05) is 31.2 Å². The molecular weight excluding hydrogens is 320 g/mol. The van der Waals surface area contributed by atoms with Crippen molar-refractivity contribution in [2.45, 2.75) is 33.1 Å². The van der Waals surface area contributed by atoms with Crippen LogP contribution in [0.4, 0.5) is 5.00 Å². The molecule has 1 atom stereocenters. The van der Waals surface area contributed by atoms with Gasteiger partial charge in [0.05, 0.1) is 5.56 Å². The van der Waals surface area contributed by atoms with Crippen LogP contribution in [0.25, 0.3) is 0 Å². The van der Waals surface area contributed by atoms with Crippen LogP contribution in [0.15, 0.2) is 24.3 Å². The minimum absolute atomic E-state index is 0.0626. The number of aryl methyl sites for hydroxylation is 1. The number of rotatable bonds is 4. The van der Waals surface area contributed by atoms with Gasteiger partial charge < -0.3 is 10.1 Å². The highest BCUT2D eigenvalue weighted by molar-refractivity contribution is 7.16. The molecule has 0 saturated heterocycles. The van der Waals surface area contributed by atoms with Crippen LogP contribution in [-0.4, -0.2) is 12.5 Å². The minimum atomic E-state index is -0.237. The fraction of sp³-hybridized carbons (Fsp3) is 0.368. The minimum Gasteiger partial charge on any atom is -0.484 e. The van der Waals surface area contributed by atoms with Crippen molar-refractivity contribution < 1.29 is 9.53 Å². The average Bonchev–Trinajstić information content (AvgIpc) is 2.90. The van der Waals surface area contributed by atoms with Gasteiger partial charge in [0, 0.05) is 4.88 Å². The fourth-order valence-corrected chi connectivity index (χ4v) is 4.28. The molecule has 1 amide bonds. The molecule has 2 aromatic rings. The van der Waals surface area contributed by atoms with Crippen molar-refractivity contribution in [3.8, 4) is 11.8 Å². The monoisotopic (exact) mass is 340 g/mol. The third-order valence-corrected chi connectivity index (χ3v) is 5.44. The maximum atomic E-state index is 12.2. The van der Waals surface area contributed by atoms with Crippen molar-refractivity contribution in [2.24, 2.45) is 5.92 Å². The second-order valence-corrected chi connectivity index (χ2v) is 7.42. The van der Waals surface area contributed by atoms with Crippen molar-refractivity contribution in [2.75, 3.05) is 11.9 Å². The largest absolute Gasteiger partial charge is 0.484 e. The number of nitrogens with zero attached hydrogens (tertiary/aromatic N) is 1. The van der Waals surface area contributed by atoms with Gasteiger partial charge in [-0.05, 0) is 49.8 Å². The summed E-state index contributed by atoms with van der Waals surface area (Å²) in [7, 11) is 0. The molecule has 1 aliphatic rings. The van der Waals surface area contributed by atoms with E-state index < -0.39 is 0 Å². The molecule has 0 bridgehead atoms. The second-order valence-electron chi connectivity index (χ2n) is 6.32. The van der Waals surface area contributed by atoms with Crippen LogP contribution >= 0.6 is 11.3 Å². The molecule has 0 saturated carbocycles. The van der Waals surface area contributed by atoms with Crippen molar-refractivity contribution in [3.05, 3.63) is 45.8 Å². The first-order chi connectivity index (χ1) is 11.6. The van der Waals surface area contributed by atoms with Crippen LogP contribution in [0.5, 0.6) is 5.75 Å². The molecule has 1 heterocycles. The summed E-state index contributed by atoms with van der Waals surface area (Å²) in [6, 6.07) is 9.82. The third-order valence-electron chi connectivity index (χ3n) is 4.27. The number of fused-ring (bicyclic) bond motifs is 1. The molecule has 5 heteroatoms. The SMILES string of the molecule is Cc1ccc(OCC(=O)Nc2sc3c(c2C#N)CCC(C)C3)cc1. The van der Waals surface area contributed by atoms with E-state index in [1.165, 1.54) is 16.2 Å². The van der Waals surface area contributed by atoms with Gasteiger partial charge in [-0.15, -0.1) is 11.3 Å². The predicted molar refractivity (Wildman–Crippen MR) is 95.5 cm³/mol. The van der Waals surface area contributed by atoms with E-state index in [0.29, 0.717) is 22.2 Å². The molecule has 24 heavy (non-hydrogen) atoms. The highest BCUT2D eigenvalue weighted by atomic mass is 32.1. The lowest BCUT2D eigenvalue weighted by molar-refractivity contribution is -0.118. The third kappa shape index (κ3) is 3.60. The quantitative estimate of drug-likeness (QED) is 0.912. The summed E-state index contributed by atoms with van der Waals surface area (Å²) in [6.45, 7) is 4.16. The Morgan fingerprint density at radius 1 is 1.42 bits per heavy atom. The van der Waals surface area contributed by atoms with Crippen LogP contribution in [-0.2, 0) is 17.6 Å². The number of benzene rings is 1. The van der Waals surface area contributed by atoms with Gasteiger partial charge >= 0.3 is 0 Å². The van der Waals surface area contributed by atoms with Gasteiger partial charge in [-0.3, -0.25) is 4.79 Å². The van der Waals surface area contributed by atoms with Gasteiger partial charge in [0.25, 0.3) is 5.91 Å². The number of hydrogen-bond acceptors (Lipinski definition) is 4. The Bertz CT molecular complexity index is 787. The first-order valence-electron chi connectivity index (χ1n) is 8.10. The van der Waals surface area contributed by atoms with Crippen molar-refractivity contribution in [1.29, 1.82) is 5.26 Å². The Kier molecular flexibility index (Phi) is 4.86. The number of ether oxygens (including phenoxy) is 1. The standard InChI is InChI=1S/C19H20N2O2S/c1-12-3-6-14(7-4-12)23-11-18(22)21-19-16(10-20)15-8-5-13(2)9-17(15)24-19/h3-4,6-7,13H,5,8-9,11H2,1-2H3,(H,21,22). The number of anilines is 1. The average molecular weight is 340 g/mol. The predicted octanol–water partition coefficient (Wildman–Crippen LogP) is 4.07. The van der Waals surface area contributed by atoms with Crippen LogP contribution < -0.4 is 10.1 Å². The molecule has 1 aromatic carbocycles. The smallest absolute Gasteiger partial charge is 0.262 e. The number of hydrogen-bond donors (Lipinski definition) is 1. The Hall–Kier alpha value is -2.32. The topological polar surface area (TPSA) is 62.1 Å². The van der Waals surface area contributed by atoms with E-state index in [0.717, 1.165) is 30.4 Å². The fourth-order valence-electron chi connectivity index (χ4n) is 2.90. The lowest BCUT2D eigenvalue weighted by Gasteiger charge is -2.17. The van der Waals surface area contributed by atoms with Gasteiger partial charge in [0.1, 0.15) is 16.8 Å². The molecule has 1 aliphatic carbocycles. The zero-order chi connectivity index (χ0) is 17.1. The van der Waals surface area contributed by atoms with E-state index in [4.69, 9.17) is 4.74 Å². The number of amides is 1. The van der Waals surface area contributed by atoms with Gasteiger partial charge in [-0.2, -0.15) is 5.26 Å². The van der Waals surface area contributed by atoms with E-state index in [2.05, 4.69) is 18.3 Å². The lowest BCUT2D eigenvalue weighted by Crippen LogP contribution is -2.20. The second kappa shape index (κ2) is 7.06. The number of carbonyl (C=O) groups is 1. The van der Waals surface area contributed by atoms with Crippen LogP contribution in [0.2, 0.25) is 0 Å². The zero-order valence-corrected chi connectivity index (χ0v) is 14.7. The van der Waals surface area contributed by atoms with E-state index in [1.54, 1.807) is 0 Å². The van der Waals surface area contributed by atoms with Gasteiger partial charge in [-0.1, -0.05) is 24.6 Å². The maximum Gasteiger partial charge on any atom is 0.262 e. The van der Waals surface area contributed by atoms with Crippen LogP contribution in [0.1, 0.15) is 34.9 Å². The van der Waals surface area contributed by atoms with Crippen LogP contribution in [0.3, 0.4) is 0 Å². The van der Waals surface area contributed by atoms with Gasteiger partial charge in [0.15, 0.2) is 6.61 Å². The Morgan fingerprint density at radius 2 is 2.17 bits per heavy atom. The van der Waals surface area contributed by atoms with E-state index >= 15 is 0 Å². The number of nitriles is 1. The molecule has 1 aromatic heterocycles. The highest BCUT2D eigenvalue weighted by Crippen LogP contribution is 2.39. The molecule has 1 N–H and O–H groups in total. The summed E-state index contributed by atoms with van der Waals surface area (Å²) in [6.07, 6.45) is 3.01. The lowest BCUT2D eigenvalue weighted by atomic mass is 9.89. The first-order valence-corrected chi connectivity index (χ1v) is 8.92. The summed E-state index contributed by atoms with van der Waals surface area (Å²) >= 11 is 1.53. The molecule has 3 rings (SSSR count). The Morgan fingerprint density at radius 3 is 2.88 bits per heavy atom.